The van der Waals surface area contributed by atoms with E-state index in [4.69, 9.17) is 5.11 Å². The number of carbonyl (C=O) groups excluding carboxylic acids is 1. The van der Waals surface area contributed by atoms with E-state index < -0.39 is 5.97 Å². The van der Waals surface area contributed by atoms with Crippen LogP contribution in [0.2, 0.25) is 0 Å². The van der Waals surface area contributed by atoms with Gasteiger partial charge in [0.2, 0.25) is 5.91 Å². The van der Waals surface area contributed by atoms with Gasteiger partial charge in [0.15, 0.2) is 0 Å². The lowest BCUT2D eigenvalue weighted by molar-refractivity contribution is -0.137. The van der Waals surface area contributed by atoms with Crippen LogP contribution in [0.1, 0.15) is 18.4 Å². The summed E-state index contributed by atoms with van der Waals surface area (Å²) in [5, 5.41) is 11.1. The first-order valence-electron chi connectivity index (χ1n) is 6.39. The second kappa shape index (κ2) is 8.27. The van der Waals surface area contributed by atoms with Crippen LogP contribution in [0.15, 0.2) is 24.3 Å². The molecule has 1 aromatic rings. The van der Waals surface area contributed by atoms with Crippen LogP contribution < -0.4 is 5.32 Å². The van der Waals surface area contributed by atoms with Crippen molar-refractivity contribution in [2.75, 3.05) is 20.1 Å². The van der Waals surface area contributed by atoms with Gasteiger partial charge in [0.05, 0.1) is 6.54 Å². The highest BCUT2D eigenvalue weighted by Crippen LogP contribution is 2.05. The summed E-state index contributed by atoms with van der Waals surface area (Å²) in [4.78, 5) is 23.7. The molecule has 0 aliphatic rings. The summed E-state index contributed by atoms with van der Waals surface area (Å²) in [6.45, 7) is 0.835. The average Bonchev–Trinajstić information content (AvgIpc) is 2.37. The predicted octanol–water partition coefficient (Wildman–Crippen LogP) is 1.24. The Bertz CT molecular complexity index is 465. The molecule has 0 aliphatic carbocycles. The first-order valence-corrected chi connectivity index (χ1v) is 6.39. The van der Waals surface area contributed by atoms with Gasteiger partial charge in [-0.15, -0.1) is 0 Å². The highest BCUT2D eigenvalue weighted by molar-refractivity contribution is 5.77. The molecule has 0 saturated carbocycles. The second-order valence-electron chi connectivity index (χ2n) is 4.60. The third-order valence-electron chi connectivity index (χ3n) is 2.78. The number of benzene rings is 1. The molecule has 0 saturated heterocycles. The Balaban J connectivity index is 2.26. The van der Waals surface area contributed by atoms with Crippen LogP contribution in [-0.4, -0.2) is 42.0 Å². The van der Waals surface area contributed by atoms with Crippen molar-refractivity contribution in [2.45, 2.75) is 19.4 Å². The van der Waals surface area contributed by atoms with Crippen molar-refractivity contribution in [3.8, 4) is 0 Å². The Morgan fingerprint density at radius 2 is 2.05 bits per heavy atom. The number of carboxylic acid groups (broad SMARTS) is 1. The van der Waals surface area contributed by atoms with Crippen LogP contribution in [0.5, 0.6) is 0 Å². The zero-order valence-electron chi connectivity index (χ0n) is 11.4. The van der Waals surface area contributed by atoms with E-state index in [0.717, 1.165) is 0 Å². The van der Waals surface area contributed by atoms with E-state index in [9.17, 15) is 14.0 Å². The third kappa shape index (κ3) is 6.29. The van der Waals surface area contributed by atoms with E-state index in [0.29, 0.717) is 18.5 Å². The number of nitrogens with zero attached hydrogens (tertiary/aromatic N) is 1. The number of likely N-dealkylation sites (N-methyl/N-ethyl adjacent to an activating group) is 1. The number of hydrogen-bond acceptors (Lipinski definition) is 3. The SMILES string of the molecule is CN(CCCC(=O)O)CC(=O)NCc1ccccc1F. The summed E-state index contributed by atoms with van der Waals surface area (Å²) in [7, 11) is 1.74. The maximum Gasteiger partial charge on any atom is 0.303 e. The van der Waals surface area contributed by atoms with Crippen molar-refractivity contribution in [1.29, 1.82) is 0 Å². The molecule has 0 spiro atoms. The fourth-order valence-corrected chi connectivity index (χ4v) is 1.72. The molecule has 0 aliphatic heterocycles. The molecule has 0 atom stereocenters. The summed E-state index contributed by atoms with van der Waals surface area (Å²) in [5.74, 6) is -1.41. The van der Waals surface area contributed by atoms with Crippen LogP contribution >= 0.6 is 0 Å². The summed E-state index contributed by atoms with van der Waals surface area (Å²) in [6, 6.07) is 6.27. The minimum atomic E-state index is -0.845. The van der Waals surface area contributed by atoms with Crippen LogP contribution in [0.3, 0.4) is 0 Å². The smallest absolute Gasteiger partial charge is 0.303 e. The summed E-state index contributed by atoms with van der Waals surface area (Å²) in [6.07, 6.45) is 0.577. The van der Waals surface area contributed by atoms with Gasteiger partial charge in [-0.25, -0.2) is 4.39 Å². The highest BCUT2D eigenvalue weighted by Gasteiger charge is 2.08. The number of hydrogen-bond donors (Lipinski definition) is 2. The fraction of sp³-hybridized carbons (Fsp3) is 0.429. The number of carboxylic acids is 1. The minimum absolute atomic E-state index is 0.0845. The standard InChI is InChI=1S/C14H19FN2O3/c1-17(8-4-7-14(19)20)10-13(18)16-9-11-5-2-3-6-12(11)15/h2-3,5-6H,4,7-10H2,1H3,(H,16,18)(H,19,20). The van der Waals surface area contributed by atoms with Gasteiger partial charge < -0.3 is 10.4 Å². The van der Waals surface area contributed by atoms with Crippen molar-refractivity contribution in [3.05, 3.63) is 35.6 Å². The number of rotatable bonds is 8. The molecular formula is C14H19FN2O3. The molecule has 1 amide bonds. The normalized spacial score (nSPS) is 10.6. The van der Waals surface area contributed by atoms with Crippen LogP contribution in [0.25, 0.3) is 0 Å². The van der Waals surface area contributed by atoms with Crippen molar-refractivity contribution in [3.63, 3.8) is 0 Å². The number of nitrogens with one attached hydrogen (secondary N) is 1. The van der Waals surface area contributed by atoms with Gasteiger partial charge in [-0.2, -0.15) is 0 Å². The molecule has 5 nitrogen and oxygen atoms in total. The van der Waals surface area contributed by atoms with Gasteiger partial charge in [0.25, 0.3) is 0 Å². The van der Waals surface area contributed by atoms with Crippen molar-refractivity contribution >= 4 is 11.9 Å². The number of carbonyl (C=O) groups is 2. The molecule has 0 radical (unpaired) electrons. The molecule has 1 rings (SSSR count). The Hall–Kier alpha value is -1.95. The Morgan fingerprint density at radius 3 is 2.70 bits per heavy atom. The quantitative estimate of drug-likeness (QED) is 0.752. The fourth-order valence-electron chi connectivity index (χ4n) is 1.72. The molecular weight excluding hydrogens is 263 g/mol. The molecule has 0 aromatic heterocycles. The van der Waals surface area contributed by atoms with Gasteiger partial charge in [0.1, 0.15) is 5.82 Å². The molecule has 6 heteroatoms. The predicted molar refractivity (Wildman–Crippen MR) is 72.6 cm³/mol. The van der Waals surface area contributed by atoms with E-state index in [1.165, 1.54) is 6.07 Å². The highest BCUT2D eigenvalue weighted by atomic mass is 19.1. The summed E-state index contributed by atoms with van der Waals surface area (Å²) < 4.78 is 13.3. The zero-order valence-corrected chi connectivity index (χ0v) is 11.4. The molecule has 0 heterocycles. The van der Waals surface area contributed by atoms with E-state index >= 15 is 0 Å². The van der Waals surface area contributed by atoms with Crippen molar-refractivity contribution in [1.82, 2.24) is 10.2 Å². The van der Waals surface area contributed by atoms with Gasteiger partial charge in [0, 0.05) is 18.5 Å². The molecule has 0 bridgehead atoms. The van der Waals surface area contributed by atoms with E-state index in [1.54, 1.807) is 30.1 Å². The van der Waals surface area contributed by atoms with Gasteiger partial charge in [-0.3, -0.25) is 14.5 Å². The Labute approximate surface area is 117 Å². The van der Waals surface area contributed by atoms with E-state index in [-0.39, 0.29) is 31.2 Å². The lowest BCUT2D eigenvalue weighted by Gasteiger charge is -2.15. The van der Waals surface area contributed by atoms with E-state index in [2.05, 4.69) is 5.32 Å². The summed E-state index contributed by atoms with van der Waals surface area (Å²) in [5.41, 5.74) is 0.439. The van der Waals surface area contributed by atoms with E-state index in [1.807, 2.05) is 0 Å². The maximum atomic E-state index is 13.3. The largest absolute Gasteiger partial charge is 0.481 e. The van der Waals surface area contributed by atoms with Crippen LogP contribution in [0, 0.1) is 5.82 Å². The number of halogens is 1. The van der Waals surface area contributed by atoms with Gasteiger partial charge in [-0.05, 0) is 26.1 Å². The minimum Gasteiger partial charge on any atom is -0.481 e. The lowest BCUT2D eigenvalue weighted by Crippen LogP contribution is -2.35. The molecule has 1 aromatic carbocycles. The van der Waals surface area contributed by atoms with Crippen molar-refractivity contribution < 1.29 is 19.1 Å². The Kier molecular flexibility index (Phi) is 6.66. The Morgan fingerprint density at radius 1 is 1.35 bits per heavy atom. The molecule has 2 N–H and O–H groups in total. The topological polar surface area (TPSA) is 69.6 Å². The van der Waals surface area contributed by atoms with Gasteiger partial charge in [-0.1, -0.05) is 18.2 Å². The second-order valence-corrected chi connectivity index (χ2v) is 4.60. The van der Waals surface area contributed by atoms with Crippen molar-refractivity contribution in [2.24, 2.45) is 0 Å². The lowest BCUT2D eigenvalue weighted by atomic mass is 10.2. The first-order chi connectivity index (χ1) is 9.49. The summed E-state index contributed by atoms with van der Waals surface area (Å²) >= 11 is 0. The maximum absolute atomic E-state index is 13.3. The zero-order chi connectivity index (χ0) is 15.0. The van der Waals surface area contributed by atoms with Gasteiger partial charge >= 0.3 is 5.97 Å². The average molecular weight is 282 g/mol. The molecule has 0 unspecified atom stereocenters. The van der Waals surface area contributed by atoms with Crippen LogP contribution in [-0.2, 0) is 16.1 Å². The van der Waals surface area contributed by atoms with Crippen LogP contribution in [0.4, 0.5) is 4.39 Å². The first kappa shape index (κ1) is 16.1. The molecule has 110 valence electrons. The molecule has 20 heavy (non-hydrogen) atoms. The monoisotopic (exact) mass is 282 g/mol. The third-order valence-corrected chi connectivity index (χ3v) is 2.78. The number of amides is 1. The number of aliphatic carboxylic acids is 1. The molecule has 0 fully saturated rings.